The number of rotatable bonds is 6. The van der Waals surface area contributed by atoms with Gasteiger partial charge in [-0.25, -0.2) is 9.59 Å². The van der Waals surface area contributed by atoms with E-state index in [0.717, 1.165) is 0 Å². The van der Waals surface area contributed by atoms with Crippen LogP contribution in [-0.2, 0) is 9.59 Å². The van der Waals surface area contributed by atoms with Crippen molar-refractivity contribution in [2.45, 2.75) is 18.5 Å². The number of carbonyl (C=O) groups is 3. The highest BCUT2D eigenvalue weighted by Gasteiger charge is 2.35. The van der Waals surface area contributed by atoms with E-state index in [9.17, 15) is 19.5 Å². The number of carboxylic acid groups (broad SMARTS) is 1. The molecule has 1 aliphatic rings. The predicted molar refractivity (Wildman–Crippen MR) is 80.0 cm³/mol. The van der Waals surface area contributed by atoms with E-state index in [-0.39, 0.29) is 5.91 Å². The van der Waals surface area contributed by atoms with Crippen molar-refractivity contribution in [3.05, 3.63) is 0 Å². The Hall–Kier alpha value is -1.09. The zero-order valence-corrected chi connectivity index (χ0v) is 12.8. The number of primary amides is 1. The number of nitrogens with zero attached hydrogens (tertiary/aromatic N) is 1. The molecule has 0 aromatic heterocycles. The predicted octanol–water partition coefficient (Wildman–Crippen LogP) is -0.195. The van der Waals surface area contributed by atoms with Crippen molar-refractivity contribution in [1.29, 1.82) is 0 Å². The van der Waals surface area contributed by atoms with E-state index >= 15 is 0 Å². The monoisotopic (exact) mass is 321 g/mol. The first-order valence-corrected chi connectivity index (χ1v) is 8.68. The average molecular weight is 321 g/mol. The zero-order valence-electron chi connectivity index (χ0n) is 11.2. The van der Waals surface area contributed by atoms with Gasteiger partial charge in [-0.1, -0.05) is 0 Å². The summed E-state index contributed by atoms with van der Waals surface area (Å²) >= 11 is 3.05. The molecule has 1 aliphatic heterocycles. The normalized spacial score (nSPS) is 20.2. The fraction of sp³-hybridized carbons (Fsp3) is 0.727. The van der Waals surface area contributed by atoms with Crippen LogP contribution in [0.1, 0.15) is 6.42 Å². The van der Waals surface area contributed by atoms with Gasteiger partial charge in [-0.05, 0) is 18.4 Å². The molecule has 2 atom stereocenters. The third kappa shape index (κ3) is 4.78. The molecule has 3 amide bonds. The number of aliphatic carboxylic acids is 1. The second-order valence-corrected chi connectivity index (χ2v) is 6.44. The summed E-state index contributed by atoms with van der Waals surface area (Å²) in [6.07, 6.45) is 2.32. The van der Waals surface area contributed by atoms with Gasteiger partial charge in [-0.2, -0.15) is 23.5 Å². The van der Waals surface area contributed by atoms with Gasteiger partial charge in [-0.3, -0.25) is 4.79 Å². The van der Waals surface area contributed by atoms with E-state index in [1.54, 1.807) is 11.8 Å². The lowest BCUT2D eigenvalue weighted by atomic mass is 10.1. The van der Waals surface area contributed by atoms with Crippen LogP contribution in [0.25, 0.3) is 0 Å². The molecule has 1 rings (SSSR count). The molecule has 9 heteroatoms. The number of amides is 3. The molecule has 4 N–H and O–H groups in total. The lowest BCUT2D eigenvalue weighted by Gasteiger charge is -2.35. The largest absolute Gasteiger partial charge is 0.480 e. The summed E-state index contributed by atoms with van der Waals surface area (Å²) in [5.41, 5.74) is 5.08. The van der Waals surface area contributed by atoms with Crippen LogP contribution >= 0.6 is 23.5 Å². The van der Waals surface area contributed by atoms with E-state index < -0.39 is 24.1 Å². The van der Waals surface area contributed by atoms with Gasteiger partial charge in [0, 0.05) is 18.1 Å². The topological polar surface area (TPSA) is 113 Å². The van der Waals surface area contributed by atoms with E-state index in [2.05, 4.69) is 5.32 Å². The highest BCUT2D eigenvalue weighted by atomic mass is 32.2. The fourth-order valence-corrected chi connectivity index (χ4v) is 3.45. The third-order valence-corrected chi connectivity index (χ3v) is 4.59. The maximum atomic E-state index is 12.4. The molecular weight excluding hydrogens is 302 g/mol. The van der Waals surface area contributed by atoms with E-state index in [1.807, 2.05) is 6.26 Å². The second-order valence-electron chi connectivity index (χ2n) is 4.30. The van der Waals surface area contributed by atoms with Gasteiger partial charge < -0.3 is 21.1 Å². The van der Waals surface area contributed by atoms with Crippen molar-refractivity contribution < 1.29 is 19.5 Å². The molecule has 114 valence electrons. The molecule has 0 bridgehead atoms. The molecule has 2 unspecified atom stereocenters. The van der Waals surface area contributed by atoms with Crippen LogP contribution < -0.4 is 11.1 Å². The van der Waals surface area contributed by atoms with Crippen molar-refractivity contribution in [1.82, 2.24) is 10.2 Å². The molecular formula is C11H19N3O4S2. The van der Waals surface area contributed by atoms with Crippen LogP contribution in [-0.4, -0.2) is 70.1 Å². The lowest BCUT2D eigenvalue weighted by Crippen LogP contribution is -2.57. The summed E-state index contributed by atoms with van der Waals surface area (Å²) < 4.78 is 0. The number of hydrogen-bond donors (Lipinski definition) is 3. The summed E-state index contributed by atoms with van der Waals surface area (Å²) in [4.78, 5) is 36.0. The molecule has 0 radical (unpaired) electrons. The van der Waals surface area contributed by atoms with E-state index in [4.69, 9.17) is 5.73 Å². The SMILES string of the molecule is CSCCC(NC(N)=O)C(=O)N1CCSCC1C(=O)O. The first-order valence-electron chi connectivity index (χ1n) is 6.13. The fourth-order valence-electron chi connectivity index (χ4n) is 1.94. The van der Waals surface area contributed by atoms with Crippen molar-refractivity contribution in [2.75, 3.05) is 30.1 Å². The number of nitrogens with one attached hydrogen (secondary N) is 1. The third-order valence-electron chi connectivity index (χ3n) is 2.92. The van der Waals surface area contributed by atoms with Gasteiger partial charge in [0.05, 0.1) is 0 Å². The van der Waals surface area contributed by atoms with E-state index in [0.29, 0.717) is 30.2 Å². The first-order chi connectivity index (χ1) is 9.47. The maximum Gasteiger partial charge on any atom is 0.327 e. The number of nitrogens with two attached hydrogens (primary N) is 1. The number of carbonyl (C=O) groups excluding carboxylic acids is 2. The van der Waals surface area contributed by atoms with Crippen LogP contribution in [0, 0.1) is 0 Å². The molecule has 0 saturated carbocycles. The molecule has 1 fully saturated rings. The van der Waals surface area contributed by atoms with E-state index in [1.165, 1.54) is 16.7 Å². The molecule has 0 aliphatic carbocycles. The number of thioether (sulfide) groups is 2. The van der Waals surface area contributed by atoms with Gasteiger partial charge >= 0.3 is 12.0 Å². The van der Waals surface area contributed by atoms with Gasteiger partial charge in [0.25, 0.3) is 0 Å². The van der Waals surface area contributed by atoms with Crippen molar-refractivity contribution in [3.63, 3.8) is 0 Å². The minimum atomic E-state index is -1.02. The molecule has 0 aromatic carbocycles. The Balaban J connectivity index is 2.79. The van der Waals surface area contributed by atoms with Crippen LogP contribution in [0.2, 0.25) is 0 Å². The summed E-state index contributed by atoms with van der Waals surface area (Å²) in [5.74, 6) is 0.351. The van der Waals surface area contributed by atoms with Crippen LogP contribution in [0.4, 0.5) is 4.79 Å². The first kappa shape index (κ1) is 17.0. The Bertz CT molecular complexity index is 381. The van der Waals surface area contributed by atoms with Crippen molar-refractivity contribution in [2.24, 2.45) is 5.73 Å². The Labute approximate surface area is 126 Å². The molecule has 1 heterocycles. The summed E-state index contributed by atoms with van der Waals surface area (Å²) in [6.45, 7) is 0.372. The molecule has 0 spiro atoms. The number of carboxylic acids is 1. The molecule has 7 nitrogen and oxygen atoms in total. The Morgan fingerprint density at radius 3 is 2.80 bits per heavy atom. The number of urea groups is 1. The van der Waals surface area contributed by atoms with Gasteiger partial charge in [0.2, 0.25) is 5.91 Å². The minimum absolute atomic E-state index is 0.368. The standard InChI is InChI=1S/C11H19N3O4S2/c1-19-4-2-7(13-11(12)18)9(15)14-3-5-20-6-8(14)10(16)17/h7-8H,2-6H2,1H3,(H,16,17)(H3,12,13,18). The van der Waals surface area contributed by atoms with Crippen molar-refractivity contribution in [3.8, 4) is 0 Å². The summed E-state index contributed by atoms with van der Waals surface area (Å²) in [6, 6.07) is -2.37. The number of hydrogen-bond acceptors (Lipinski definition) is 5. The van der Waals surface area contributed by atoms with Gasteiger partial charge in [-0.15, -0.1) is 0 Å². The Morgan fingerprint density at radius 2 is 2.25 bits per heavy atom. The second kappa shape index (κ2) is 8.25. The highest BCUT2D eigenvalue weighted by Crippen LogP contribution is 2.18. The van der Waals surface area contributed by atoms with Gasteiger partial charge in [0.15, 0.2) is 0 Å². The minimum Gasteiger partial charge on any atom is -0.480 e. The summed E-state index contributed by atoms with van der Waals surface area (Å²) in [7, 11) is 0. The average Bonchev–Trinajstić information content (AvgIpc) is 2.42. The van der Waals surface area contributed by atoms with Gasteiger partial charge in [0.1, 0.15) is 12.1 Å². The quantitative estimate of drug-likeness (QED) is 0.625. The maximum absolute atomic E-state index is 12.4. The van der Waals surface area contributed by atoms with Crippen molar-refractivity contribution >= 4 is 41.4 Å². The molecule has 20 heavy (non-hydrogen) atoms. The zero-order chi connectivity index (χ0) is 15.1. The highest BCUT2D eigenvalue weighted by molar-refractivity contribution is 7.99. The lowest BCUT2D eigenvalue weighted by molar-refractivity contribution is -0.150. The summed E-state index contributed by atoms with van der Waals surface area (Å²) in [5, 5.41) is 11.6. The Morgan fingerprint density at radius 1 is 1.55 bits per heavy atom. The van der Waals surface area contributed by atoms with Crippen LogP contribution in [0.5, 0.6) is 0 Å². The smallest absolute Gasteiger partial charge is 0.327 e. The molecule has 1 saturated heterocycles. The van der Waals surface area contributed by atoms with Crippen LogP contribution in [0.3, 0.4) is 0 Å². The van der Waals surface area contributed by atoms with Crippen LogP contribution in [0.15, 0.2) is 0 Å². The molecule has 0 aromatic rings. The Kier molecular flexibility index (Phi) is 7.00.